The van der Waals surface area contributed by atoms with Crippen molar-refractivity contribution in [1.29, 1.82) is 0 Å². The topological polar surface area (TPSA) is 60.2 Å². The number of fused-ring (bicyclic) bond motifs is 3. The van der Waals surface area contributed by atoms with Gasteiger partial charge in [-0.1, -0.05) is 18.2 Å². The van der Waals surface area contributed by atoms with E-state index in [0.717, 1.165) is 27.8 Å². The molecule has 0 saturated heterocycles. The van der Waals surface area contributed by atoms with Gasteiger partial charge in [-0.25, -0.2) is 4.98 Å². The lowest BCUT2D eigenvalue weighted by atomic mass is 10.2. The number of hydrogen-bond acceptors (Lipinski definition) is 4. The second-order valence-electron chi connectivity index (χ2n) is 4.73. The van der Waals surface area contributed by atoms with Crippen molar-refractivity contribution in [3.63, 3.8) is 0 Å². The zero-order chi connectivity index (χ0) is 14.1. The third-order valence-electron chi connectivity index (χ3n) is 3.55. The molecule has 0 fully saturated rings. The molecule has 0 aliphatic heterocycles. The Morgan fingerprint density at radius 1 is 1.30 bits per heavy atom. The lowest BCUT2D eigenvalue weighted by Crippen LogP contribution is -2.10. The molecule has 5 heteroatoms. The highest BCUT2D eigenvalue weighted by molar-refractivity contribution is 6.02. The number of aliphatic hydroxyl groups is 1. The van der Waals surface area contributed by atoms with Crippen molar-refractivity contribution < 1.29 is 9.84 Å². The number of methoxy groups -OCH3 is 1. The van der Waals surface area contributed by atoms with Crippen LogP contribution < -0.4 is 0 Å². The van der Waals surface area contributed by atoms with Crippen molar-refractivity contribution in [3.8, 4) is 0 Å². The van der Waals surface area contributed by atoms with E-state index in [4.69, 9.17) is 4.74 Å². The zero-order valence-corrected chi connectivity index (χ0v) is 11.6. The lowest BCUT2D eigenvalue weighted by Gasteiger charge is -2.12. The highest BCUT2D eigenvalue weighted by atomic mass is 16.5. The Bertz CT molecular complexity index is 751. The Labute approximate surface area is 116 Å². The molecule has 2 heterocycles. The fourth-order valence-electron chi connectivity index (χ4n) is 2.52. The monoisotopic (exact) mass is 271 g/mol. The first-order valence-corrected chi connectivity index (χ1v) is 6.63. The van der Waals surface area contributed by atoms with Crippen LogP contribution in [0.3, 0.4) is 0 Å². The Hall–Kier alpha value is -1.98. The van der Waals surface area contributed by atoms with E-state index in [9.17, 15) is 5.11 Å². The standard InChI is InChI=1S/C15H17N3O2/c1-10(20-2)15-17-13-9-16-12-6-4-3-5-11(12)14(13)18(15)7-8-19/h3-6,9-10,19H,7-8H2,1-2H3. The molecule has 20 heavy (non-hydrogen) atoms. The van der Waals surface area contributed by atoms with Gasteiger partial charge < -0.3 is 14.4 Å². The van der Waals surface area contributed by atoms with Crippen LogP contribution >= 0.6 is 0 Å². The van der Waals surface area contributed by atoms with E-state index >= 15 is 0 Å². The summed E-state index contributed by atoms with van der Waals surface area (Å²) in [4.78, 5) is 9.05. The first-order chi connectivity index (χ1) is 9.76. The smallest absolute Gasteiger partial charge is 0.139 e. The van der Waals surface area contributed by atoms with Gasteiger partial charge >= 0.3 is 0 Å². The molecule has 3 aromatic rings. The average molecular weight is 271 g/mol. The van der Waals surface area contributed by atoms with Crippen molar-refractivity contribution in [2.24, 2.45) is 0 Å². The van der Waals surface area contributed by atoms with E-state index in [0.29, 0.717) is 6.54 Å². The number of hydrogen-bond donors (Lipinski definition) is 1. The van der Waals surface area contributed by atoms with Gasteiger partial charge in [0.2, 0.25) is 0 Å². The van der Waals surface area contributed by atoms with Gasteiger partial charge in [0, 0.05) is 19.0 Å². The second kappa shape index (κ2) is 5.19. The summed E-state index contributed by atoms with van der Waals surface area (Å²) in [5.74, 6) is 0.815. The van der Waals surface area contributed by atoms with E-state index < -0.39 is 0 Å². The molecule has 0 bridgehead atoms. The van der Waals surface area contributed by atoms with Crippen LogP contribution in [0.1, 0.15) is 18.9 Å². The number of ether oxygens (including phenoxy) is 1. The first-order valence-electron chi connectivity index (χ1n) is 6.63. The predicted molar refractivity (Wildman–Crippen MR) is 77.5 cm³/mol. The summed E-state index contributed by atoms with van der Waals surface area (Å²) in [6.07, 6.45) is 1.64. The Balaban J connectivity index is 2.37. The number of para-hydroxylation sites is 1. The maximum Gasteiger partial charge on any atom is 0.139 e. The number of aliphatic hydroxyl groups excluding tert-OH is 1. The molecule has 104 valence electrons. The van der Waals surface area contributed by atoms with Crippen LogP contribution in [0.15, 0.2) is 30.5 Å². The fourth-order valence-corrected chi connectivity index (χ4v) is 2.52. The third kappa shape index (κ3) is 1.95. The fraction of sp³-hybridized carbons (Fsp3) is 0.333. The van der Waals surface area contributed by atoms with E-state index in [1.807, 2.05) is 35.8 Å². The summed E-state index contributed by atoms with van der Waals surface area (Å²) in [6, 6.07) is 7.96. The SMILES string of the molecule is COC(C)c1nc2cnc3ccccc3c2n1CCO. The highest BCUT2D eigenvalue weighted by Crippen LogP contribution is 2.27. The van der Waals surface area contributed by atoms with E-state index in [2.05, 4.69) is 9.97 Å². The van der Waals surface area contributed by atoms with Crippen molar-refractivity contribution in [2.45, 2.75) is 19.6 Å². The van der Waals surface area contributed by atoms with Crippen LogP contribution in [-0.4, -0.2) is 33.4 Å². The minimum atomic E-state index is -0.132. The maximum atomic E-state index is 9.34. The molecule has 1 aromatic carbocycles. The van der Waals surface area contributed by atoms with Crippen LogP contribution in [0.25, 0.3) is 21.9 Å². The maximum absolute atomic E-state index is 9.34. The Morgan fingerprint density at radius 3 is 2.85 bits per heavy atom. The molecule has 1 unspecified atom stereocenters. The summed E-state index contributed by atoms with van der Waals surface area (Å²) in [6.45, 7) is 2.50. The molecule has 1 N–H and O–H groups in total. The van der Waals surface area contributed by atoms with Gasteiger partial charge in [-0.3, -0.25) is 4.98 Å². The van der Waals surface area contributed by atoms with E-state index in [1.165, 1.54) is 0 Å². The van der Waals surface area contributed by atoms with Crippen LogP contribution in [0, 0.1) is 0 Å². The second-order valence-corrected chi connectivity index (χ2v) is 4.73. The van der Waals surface area contributed by atoms with Crippen LogP contribution in [-0.2, 0) is 11.3 Å². The molecule has 0 aliphatic carbocycles. The van der Waals surface area contributed by atoms with Gasteiger partial charge in [0.25, 0.3) is 0 Å². The summed E-state index contributed by atoms with van der Waals surface area (Å²) in [5, 5.41) is 10.4. The number of aromatic nitrogens is 3. The third-order valence-corrected chi connectivity index (χ3v) is 3.55. The van der Waals surface area contributed by atoms with E-state index in [1.54, 1.807) is 13.3 Å². The van der Waals surface area contributed by atoms with Gasteiger partial charge in [0.05, 0.1) is 23.8 Å². The van der Waals surface area contributed by atoms with Gasteiger partial charge in [-0.05, 0) is 13.0 Å². The summed E-state index contributed by atoms with van der Waals surface area (Å²) in [5.41, 5.74) is 2.76. The van der Waals surface area contributed by atoms with Crippen molar-refractivity contribution in [1.82, 2.24) is 14.5 Å². The number of pyridine rings is 1. The molecule has 0 spiro atoms. The molecule has 2 aromatic heterocycles. The number of nitrogens with zero attached hydrogens (tertiary/aromatic N) is 3. The highest BCUT2D eigenvalue weighted by Gasteiger charge is 2.18. The summed E-state index contributed by atoms with van der Waals surface area (Å²) < 4.78 is 7.40. The Kier molecular flexibility index (Phi) is 3.38. The quantitative estimate of drug-likeness (QED) is 0.791. The first kappa shape index (κ1) is 13.0. The van der Waals surface area contributed by atoms with E-state index in [-0.39, 0.29) is 12.7 Å². The predicted octanol–water partition coefficient (Wildman–Crippen LogP) is 2.28. The lowest BCUT2D eigenvalue weighted by molar-refractivity contribution is 0.108. The normalized spacial score (nSPS) is 13.2. The number of benzene rings is 1. The number of imidazole rings is 1. The zero-order valence-electron chi connectivity index (χ0n) is 11.6. The average Bonchev–Trinajstić information content (AvgIpc) is 2.86. The van der Waals surface area contributed by atoms with Gasteiger partial charge in [0.15, 0.2) is 0 Å². The van der Waals surface area contributed by atoms with Crippen molar-refractivity contribution in [3.05, 3.63) is 36.3 Å². The molecular weight excluding hydrogens is 254 g/mol. The van der Waals surface area contributed by atoms with Crippen LogP contribution in [0.5, 0.6) is 0 Å². The minimum Gasteiger partial charge on any atom is -0.395 e. The summed E-state index contributed by atoms with van der Waals surface area (Å²) >= 11 is 0. The van der Waals surface area contributed by atoms with Crippen molar-refractivity contribution in [2.75, 3.05) is 13.7 Å². The van der Waals surface area contributed by atoms with Crippen LogP contribution in [0.4, 0.5) is 0 Å². The molecule has 3 rings (SSSR count). The van der Waals surface area contributed by atoms with Gasteiger partial charge in [0.1, 0.15) is 17.4 Å². The van der Waals surface area contributed by atoms with Crippen molar-refractivity contribution >= 4 is 21.9 Å². The van der Waals surface area contributed by atoms with Gasteiger partial charge in [-0.15, -0.1) is 0 Å². The van der Waals surface area contributed by atoms with Gasteiger partial charge in [-0.2, -0.15) is 0 Å². The molecule has 0 amide bonds. The molecule has 0 saturated carbocycles. The molecule has 0 radical (unpaired) electrons. The molecular formula is C15H17N3O2. The molecule has 1 atom stereocenters. The van der Waals surface area contributed by atoms with Crippen LogP contribution in [0.2, 0.25) is 0 Å². The Morgan fingerprint density at radius 2 is 2.10 bits per heavy atom. The molecule has 5 nitrogen and oxygen atoms in total. The largest absolute Gasteiger partial charge is 0.395 e. The molecule has 0 aliphatic rings. The number of rotatable bonds is 4. The minimum absolute atomic E-state index is 0.0611. The summed E-state index contributed by atoms with van der Waals surface area (Å²) in [7, 11) is 1.66.